The molecule has 3 aromatic carbocycles. The van der Waals surface area contributed by atoms with Crippen LogP contribution in [0.25, 0.3) is 0 Å². The van der Waals surface area contributed by atoms with Crippen LogP contribution in [0.4, 0.5) is 0 Å². The summed E-state index contributed by atoms with van der Waals surface area (Å²) in [5.41, 5.74) is 30.7. The van der Waals surface area contributed by atoms with Crippen LogP contribution in [0.15, 0.2) is 91.0 Å². The zero-order valence-electron chi connectivity index (χ0n) is 77.8. The van der Waals surface area contributed by atoms with Gasteiger partial charge >= 0.3 is 11.9 Å². The van der Waals surface area contributed by atoms with Crippen LogP contribution < -0.4 is 119 Å². The highest BCUT2D eigenvalue weighted by atomic mass is 32.2. The number of hydrogen-bond donors (Lipinski definition) is 25. The van der Waals surface area contributed by atoms with Crippen molar-refractivity contribution in [1.29, 1.82) is 0 Å². The Morgan fingerprint density at radius 1 is 0.457 bits per heavy atom. The van der Waals surface area contributed by atoms with E-state index in [4.69, 9.17) is 28.7 Å². The van der Waals surface area contributed by atoms with Crippen LogP contribution in [0.5, 0.6) is 0 Å². The first kappa shape index (κ1) is 114. The van der Waals surface area contributed by atoms with E-state index in [0.717, 1.165) is 23.5 Å². The van der Waals surface area contributed by atoms with Crippen LogP contribution in [0.1, 0.15) is 121 Å². The third kappa shape index (κ3) is 36.9. The molecule has 0 radical (unpaired) electrons. The summed E-state index contributed by atoms with van der Waals surface area (Å²) in [6.45, 7) is 3.23. The number of carboxylic acid groups (broad SMARTS) is 2. The van der Waals surface area contributed by atoms with Crippen molar-refractivity contribution in [3.05, 3.63) is 108 Å². The van der Waals surface area contributed by atoms with Gasteiger partial charge in [0.25, 0.3) is 0 Å². The Hall–Kier alpha value is -13.1. The Balaban J connectivity index is 1.43. The summed E-state index contributed by atoms with van der Waals surface area (Å²) in [5.74, 6) is -30.9. The van der Waals surface area contributed by atoms with Crippen molar-refractivity contribution in [2.75, 3.05) is 62.3 Å². The molecular weight excluding hydrogens is 1890 g/mol. The van der Waals surface area contributed by atoms with Crippen molar-refractivity contribution in [3.63, 3.8) is 0 Å². The highest BCUT2D eigenvalue weighted by Crippen LogP contribution is 2.24. The third-order valence-electron chi connectivity index (χ3n) is 23.0. The summed E-state index contributed by atoms with van der Waals surface area (Å²) in [6.07, 6.45) is -6.10. The topological polar surface area (TPSA) is 774 Å². The summed E-state index contributed by atoms with van der Waals surface area (Å²) in [7, 11) is 0. The number of nitrogens with one attached hydrogen (secondary N) is 17. The number of thioether (sulfide) groups is 3. The van der Waals surface area contributed by atoms with Gasteiger partial charge in [0.15, 0.2) is 6.10 Å². The van der Waals surface area contributed by atoms with Crippen LogP contribution in [-0.4, -0.2) is 326 Å². The third-order valence-corrected chi connectivity index (χ3v) is 26.8. The summed E-state index contributed by atoms with van der Waals surface area (Å²) in [4.78, 5) is 321. The fourth-order valence-electron chi connectivity index (χ4n) is 15.1. The summed E-state index contributed by atoms with van der Waals surface area (Å²) >= 11 is 1.95. The zero-order valence-corrected chi connectivity index (χ0v) is 80.2. The van der Waals surface area contributed by atoms with Gasteiger partial charge in [-0.05, 0) is 93.5 Å². The molecule has 4 aliphatic rings. The molecule has 4 saturated heterocycles. The first-order valence-corrected chi connectivity index (χ1v) is 49.0. The molecule has 48 nitrogen and oxygen atoms in total. The van der Waals surface area contributed by atoms with Gasteiger partial charge in [0.05, 0.1) is 25.6 Å². The van der Waals surface area contributed by atoms with E-state index < -0.39 is 318 Å². The summed E-state index contributed by atoms with van der Waals surface area (Å²) in [6, 6.07) is -4.75. The molecular formula is C89H127N23O25S3. The normalized spacial score (nSPS) is 26.6. The van der Waals surface area contributed by atoms with E-state index in [1.807, 2.05) is 10.6 Å². The smallest absolute Gasteiger partial charge is 0.335 e. The molecule has 0 aromatic heterocycles. The number of nitrogens with zero attached hydrogens (tertiary/aromatic N) is 1. The van der Waals surface area contributed by atoms with E-state index in [1.54, 1.807) is 91.0 Å². The minimum atomic E-state index is -2.98. The van der Waals surface area contributed by atoms with Gasteiger partial charge in [0, 0.05) is 78.7 Å². The Labute approximate surface area is 819 Å². The maximum atomic E-state index is 15.8. The Morgan fingerprint density at radius 2 is 0.943 bits per heavy atom. The molecule has 4 bridgehead atoms. The van der Waals surface area contributed by atoms with Gasteiger partial charge in [-0.1, -0.05) is 119 Å². The highest BCUT2D eigenvalue weighted by Gasteiger charge is 2.44. The van der Waals surface area contributed by atoms with Gasteiger partial charge in [-0.15, -0.1) is 0 Å². The van der Waals surface area contributed by atoms with Crippen molar-refractivity contribution < 1.29 is 121 Å². The highest BCUT2D eigenvalue weighted by molar-refractivity contribution is 8.00. The fourth-order valence-corrected chi connectivity index (χ4v) is 18.4. The van der Waals surface area contributed by atoms with Gasteiger partial charge in [-0.25, -0.2) is 9.59 Å². The van der Waals surface area contributed by atoms with Gasteiger partial charge < -0.3 is 139 Å². The first-order chi connectivity index (χ1) is 66.6. The Morgan fingerprint density at radius 3 is 1.51 bits per heavy atom. The number of unbranched alkanes of at least 4 members (excludes halogenated alkanes) is 2. The largest absolute Gasteiger partial charge is 0.480 e. The lowest BCUT2D eigenvalue weighted by atomic mass is 10.00. The molecule has 4 aliphatic heterocycles. The lowest BCUT2D eigenvalue weighted by Crippen LogP contribution is -2.63. The zero-order chi connectivity index (χ0) is 103. The predicted octanol–water partition coefficient (Wildman–Crippen LogP) is -8.84. The second kappa shape index (κ2) is 57.4. The molecule has 4 heterocycles. The number of aliphatic hydroxyl groups is 1. The second-order valence-corrected chi connectivity index (χ2v) is 38.2. The van der Waals surface area contributed by atoms with Gasteiger partial charge in [-0.2, -0.15) is 35.3 Å². The molecule has 7 rings (SSSR count). The average molecular weight is 2020 g/mol. The average Bonchev–Trinajstić information content (AvgIpc) is 1.77. The number of aliphatic carboxylic acids is 2. The Kier molecular flexibility index (Phi) is 46.7. The minimum absolute atomic E-state index is 0.0261. The van der Waals surface area contributed by atoms with Crippen molar-refractivity contribution >= 4 is 165 Å². The molecule has 766 valence electrons. The number of carbonyl (C=O) groups excluding carboxylic acids is 20. The molecule has 19 atom stereocenters. The number of primary amides is 2. The van der Waals surface area contributed by atoms with Crippen LogP contribution in [-0.2, 0) is 125 Å². The molecule has 51 heteroatoms. The standard InChI is InChI=1S/C89H127N23O25S3/c1-45(2)68-85(131)107-60-43-138-42-59(105-77(123)53(28-29-63(93)113)101-76(122)52(25-14-16-31-90)100-73(119)51(92)41-139-46(3)69(86(132)102-54(88(134)135)26-15-17-32-91)110-80(126)58(38-64(94)114)99-66(116)39-96-84(130)71(111-82(60)128)72(118)89(136)137)81(127)106-61-44-140-47(4)70(87(133)104-57(78(124)108-68)37-50-23-12-7-13-24-50)109-79(125)56(36-49-21-10-6-11-22-49)103-83(129)62-27-18-34-112(62)67(117)40-97-74(120)55(35-48-19-8-5-9-20-48)98-65(115)30-33-95-75(61)121/h5-13,19-24,45-47,51-62,68-72,118H,14-18,25-44,90-92H2,1-4H3,(H2,93,113)(H2,94,114)(H,95,121)(H,96,130)(H,97,120)(H,98,115)(H,99,116)(H,100,119)(H,101,122)(H,102,132)(H,103,129)(H,104,133)(H,105,123)(H,106,127)(H,107,131)(H,108,124)(H,109,125)(H,110,126)(H,111,128)(H,134,135)(H,136,137)/t46?,47?,51-,52-,53-,54-,55-,56-,57-,58-,59?,60?,61?,62?,68-,69-,70?,71-,72?/m0/s1. The van der Waals surface area contributed by atoms with Gasteiger partial charge in [-0.3, -0.25) is 95.9 Å². The summed E-state index contributed by atoms with van der Waals surface area (Å²) < 4.78 is 0. The van der Waals surface area contributed by atoms with Crippen molar-refractivity contribution in [2.24, 2.45) is 34.6 Å². The molecule has 20 amide bonds. The maximum Gasteiger partial charge on any atom is 0.335 e. The molecule has 8 unspecified atom stereocenters. The number of nitrogens with two attached hydrogens (primary N) is 5. The van der Waals surface area contributed by atoms with Crippen molar-refractivity contribution in [1.82, 2.24) is 95.3 Å². The molecule has 140 heavy (non-hydrogen) atoms. The molecule has 4 fully saturated rings. The number of amides is 20. The Bertz CT molecular complexity index is 4890. The fraction of sp³-hybridized carbons (Fsp3) is 0.551. The van der Waals surface area contributed by atoms with Crippen LogP contribution >= 0.6 is 35.3 Å². The lowest BCUT2D eigenvalue weighted by molar-refractivity contribution is -0.152. The number of aliphatic hydroxyl groups excluding tert-OH is 1. The minimum Gasteiger partial charge on any atom is -0.480 e. The van der Waals surface area contributed by atoms with Crippen LogP contribution in [0.3, 0.4) is 0 Å². The number of benzene rings is 3. The molecule has 0 aliphatic carbocycles. The van der Waals surface area contributed by atoms with Crippen molar-refractivity contribution in [2.45, 2.75) is 237 Å². The number of carbonyl (C=O) groups is 22. The maximum absolute atomic E-state index is 15.8. The number of rotatable bonds is 25. The quantitative estimate of drug-likeness (QED) is 0.0350. The number of hydrogen-bond acceptors (Lipinski definition) is 29. The first-order valence-electron chi connectivity index (χ1n) is 45.7. The van der Waals surface area contributed by atoms with E-state index in [9.17, 15) is 82.4 Å². The summed E-state index contributed by atoms with van der Waals surface area (Å²) in [5, 5.41) is 71.3. The van der Waals surface area contributed by atoms with E-state index in [-0.39, 0.29) is 83.8 Å². The molecule has 30 N–H and O–H groups in total. The number of carboxylic acids is 2. The van der Waals surface area contributed by atoms with Gasteiger partial charge in [0.1, 0.15) is 90.6 Å². The van der Waals surface area contributed by atoms with E-state index in [1.165, 1.54) is 32.6 Å². The number of fused-ring (bicyclic) bond motifs is 9. The predicted molar refractivity (Wildman–Crippen MR) is 509 cm³/mol. The van der Waals surface area contributed by atoms with E-state index >= 15 is 38.4 Å². The van der Waals surface area contributed by atoms with E-state index in [0.29, 0.717) is 34.9 Å². The molecule has 0 saturated carbocycles. The van der Waals surface area contributed by atoms with Crippen LogP contribution in [0.2, 0.25) is 0 Å². The molecule has 3 aromatic rings. The SMILES string of the molecule is CC1SCC2NC(=O)C3CSCC(NC(=O)[C@H](C(C)C)NC(=O)[C@H](Cc4ccccc4)NC(=O)C1NC(=O)[C@H](Cc1ccccc1)NC(=O)C1CCCN1C(=O)CNC(=O)[C@H](Cc1ccccc1)NC(=O)CCNC2=O)C(=O)N[C@@H](C(O)C(=O)O)C(=O)NCC(=O)N[C@@H](CC(N)=O)C(=O)N[C@H](C(=O)N[C@@H](CCCCN)C(=O)O)C(C)SC[C@H](N)C(=O)N[C@@H](CCCCN)C(=O)N[C@@H](CCC(N)=O)C(=O)N3. The monoisotopic (exact) mass is 2010 g/mol. The molecule has 0 spiro atoms. The van der Waals surface area contributed by atoms with Crippen LogP contribution in [0, 0.1) is 5.92 Å². The second-order valence-electron chi connectivity index (χ2n) is 34.3. The van der Waals surface area contributed by atoms with Crippen molar-refractivity contribution in [3.8, 4) is 0 Å². The van der Waals surface area contributed by atoms with E-state index in [2.05, 4.69) is 79.8 Å². The lowest BCUT2D eigenvalue weighted by Gasteiger charge is -2.31. The van der Waals surface area contributed by atoms with Gasteiger partial charge in [0.2, 0.25) is 118 Å².